The van der Waals surface area contributed by atoms with Crippen LogP contribution in [0.2, 0.25) is 0 Å². The van der Waals surface area contributed by atoms with Gasteiger partial charge >= 0.3 is 6.09 Å². The number of nitriles is 1. The van der Waals surface area contributed by atoms with Crippen LogP contribution in [0.5, 0.6) is 0 Å². The molecule has 0 bridgehead atoms. The molecule has 2 amide bonds. The van der Waals surface area contributed by atoms with E-state index >= 15 is 0 Å². The van der Waals surface area contributed by atoms with Gasteiger partial charge in [0.15, 0.2) is 0 Å². The van der Waals surface area contributed by atoms with E-state index in [9.17, 15) is 9.59 Å². The molecule has 2 fully saturated rings. The lowest BCUT2D eigenvalue weighted by Crippen LogP contribution is -2.43. The van der Waals surface area contributed by atoms with Crippen molar-refractivity contribution < 1.29 is 14.3 Å². The Morgan fingerprint density at radius 3 is 2.58 bits per heavy atom. The summed E-state index contributed by atoms with van der Waals surface area (Å²) in [7, 11) is 0. The predicted octanol–water partition coefficient (Wildman–Crippen LogP) is 6.85. The van der Waals surface area contributed by atoms with Crippen molar-refractivity contribution in [3.05, 3.63) is 71.1 Å². The Labute approximate surface area is 237 Å². The number of rotatable bonds is 4. The number of hydrogen-bond acceptors (Lipinski definition) is 6. The summed E-state index contributed by atoms with van der Waals surface area (Å²) < 4.78 is 7.75. The number of para-hydroxylation sites is 2. The van der Waals surface area contributed by atoms with Gasteiger partial charge in [-0.3, -0.25) is 10.1 Å². The number of ether oxygens (including phenoxy) is 1. The maximum atomic E-state index is 13.3. The average molecular weight is 554 g/mol. The molecule has 8 nitrogen and oxygen atoms in total. The van der Waals surface area contributed by atoms with Gasteiger partial charge in [0.05, 0.1) is 27.5 Å². The van der Waals surface area contributed by atoms with Gasteiger partial charge in [-0.25, -0.2) is 9.78 Å². The van der Waals surface area contributed by atoms with E-state index in [0.29, 0.717) is 29.5 Å². The van der Waals surface area contributed by atoms with Crippen LogP contribution in [0.3, 0.4) is 0 Å². The molecule has 2 aromatic carbocycles. The van der Waals surface area contributed by atoms with Gasteiger partial charge in [0.2, 0.25) is 5.95 Å². The molecule has 4 aromatic rings. The normalized spacial score (nSPS) is 20.4. The Bertz CT molecular complexity index is 1630. The van der Waals surface area contributed by atoms with Crippen molar-refractivity contribution in [1.82, 2.24) is 14.5 Å². The quantitative estimate of drug-likeness (QED) is 0.298. The molecule has 2 aliphatic rings. The molecule has 1 saturated heterocycles. The van der Waals surface area contributed by atoms with Crippen molar-refractivity contribution in [3.63, 3.8) is 0 Å². The highest BCUT2D eigenvalue weighted by atomic mass is 32.1. The summed E-state index contributed by atoms with van der Waals surface area (Å²) in [5.41, 5.74) is 2.95. The summed E-state index contributed by atoms with van der Waals surface area (Å²) in [6.07, 6.45) is 2.53. The van der Waals surface area contributed by atoms with E-state index in [1.54, 1.807) is 12.1 Å². The molecule has 0 radical (unpaired) electrons. The molecule has 6 rings (SSSR count). The van der Waals surface area contributed by atoms with E-state index in [2.05, 4.69) is 16.0 Å². The Kier molecular flexibility index (Phi) is 6.38. The number of likely N-dealkylation sites (tertiary alicyclic amines) is 1. The van der Waals surface area contributed by atoms with Crippen LogP contribution >= 0.6 is 11.3 Å². The molecule has 40 heavy (non-hydrogen) atoms. The fourth-order valence-corrected chi connectivity index (χ4v) is 6.77. The molecule has 2 aromatic heterocycles. The summed E-state index contributed by atoms with van der Waals surface area (Å²) >= 11 is 1.41. The van der Waals surface area contributed by atoms with Crippen LogP contribution in [0.1, 0.15) is 61.3 Å². The lowest BCUT2D eigenvalue weighted by Gasteiger charge is -2.46. The second kappa shape index (κ2) is 9.79. The van der Waals surface area contributed by atoms with Crippen molar-refractivity contribution in [2.24, 2.45) is 5.41 Å². The number of thiophene rings is 1. The number of nitrogens with one attached hydrogen (secondary N) is 1. The lowest BCUT2D eigenvalue weighted by molar-refractivity contribution is 0.0199. The van der Waals surface area contributed by atoms with E-state index in [0.717, 1.165) is 40.7 Å². The maximum absolute atomic E-state index is 13.3. The van der Waals surface area contributed by atoms with Crippen molar-refractivity contribution in [3.8, 4) is 16.5 Å². The first kappa shape index (κ1) is 26.1. The molecule has 0 unspecified atom stereocenters. The van der Waals surface area contributed by atoms with Gasteiger partial charge in [0.25, 0.3) is 5.91 Å². The zero-order valence-corrected chi connectivity index (χ0v) is 23.6. The highest BCUT2D eigenvalue weighted by molar-refractivity contribution is 7.17. The van der Waals surface area contributed by atoms with Gasteiger partial charge in [-0.2, -0.15) is 5.26 Å². The first-order valence-corrected chi connectivity index (χ1v) is 14.3. The van der Waals surface area contributed by atoms with Crippen molar-refractivity contribution in [1.29, 1.82) is 5.26 Å². The number of carbonyl (C=O) groups is 2. The van der Waals surface area contributed by atoms with E-state index in [-0.39, 0.29) is 23.5 Å². The molecule has 1 spiro atoms. The fraction of sp³-hybridized carbons (Fsp3) is 0.355. The number of amides is 2. The van der Waals surface area contributed by atoms with Gasteiger partial charge in [-0.15, -0.1) is 11.3 Å². The van der Waals surface area contributed by atoms with Crippen LogP contribution in [-0.4, -0.2) is 45.1 Å². The number of imidazole rings is 1. The van der Waals surface area contributed by atoms with E-state index < -0.39 is 5.60 Å². The number of hydrogen-bond donors (Lipinski definition) is 1. The molecule has 0 atom stereocenters. The number of anilines is 1. The van der Waals surface area contributed by atoms with Crippen LogP contribution in [-0.2, 0) is 4.74 Å². The zero-order valence-electron chi connectivity index (χ0n) is 22.8. The number of fused-ring (bicyclic) bond motifs is 1. The average Bonchev–Trinajstić information content (AvgIpc) is 3.64. The number of carbonyl (C=O) groups excluding carboxylic acids is 2. The topological polar surface area (TPSA) is 100 Å². The van der Waals surface area contributed by atoms with E-state index in [1.807, 2.05) is 74.2 Å². The Balaban J connectivity index is 1.19. The summed E-state index contributed by atoms with van der Waals surface area (Å²) in [4.78, 5) is 34.1. The first-order chi connectivity index (χ1) is 19.1. The van der Waals surface area contributed by atoms with Gasteiger partial charge in [-0.05, 0) is 87.4 Å². The van der Waals surface area contributed by atoms with Crippen molar-refractivity contribution in [2.45, 2.75) is 51.7 Å². The fourth-order valence-electron chi connectivity index (χ4n) is 5.86. The van der Waals surface area contributed by atoms with Crippen LogP contribution in [0.25, 0.3) is 21.5 Å². The minimum atomic E-state index is -0.511. The van der Waals surface area contributed by atoms with Gasteiger partial charge < -0.3 is 14.2 Å². The van der Waals surface area contributed by atoms with Crippen LogP contribution in [0.15, 0.2) is 60.7 Å². The Morgan fingerprint density at radius 1 is 1.10 bits per heavy atom. The second-order valence-corrected chi connectivity index (χ2v) is 12.9. The van der Waals surface area contributed by atoms with Crippen molar-refractivity contribution in [2.75, 3.05) is 18.4 Å². The smallest absolute Gasteiger partial charge is 0.410 e. The molecule has 1 saturated carbocycles. The largest absolute Gasteiger partial charge is 0.444 e. The van der Waals surface area contributed by atoms with E-state index in [4.69, 9.17) is 15.0 Å². The first-order valence-electron chi connectivity index (χ1n) is 13.5. The summed E-state index contributed by atoms with van der Waals surface area (Å²) in [6.45, 7) is 7.07. The summed E-state index contributed by atoms with van der Waals surface area (Å²) in [5, 5.41) is 12.1. The van der Waals surface area contributed by atoms with E-state index in [1.165, 1.54) is 11.3 Å². The molecule has 204 valence electrons. The molecule has 3 heterocycles. The van der Waals surface area contributed by atoms with Crippen LogP contribution in [0, 0.1) is 16.7 Å². The minimum absolute atomic E-state index is 0.0674. The zero-order chi connectivity index (χ0) is 28.1. The molecule has 1 aliphatic carbocycles. The molecule has 1 N–H and O–H groups in total. The summed E-state index contributed by atoms with van der Waals surface area (Å²) in [6, 6.07) is 21.3. The minimum Gasteiger partial charge on any atom is -0.444 e. The Hall–Kier alpha value is -4.16. The van der Waals surface area contributed by atoms with Gasteiger partial charge in [-0.1, -0.05) is 24.3 Å². The predicted molar refractivity (Wildman–Crippen MR) is 155 cm³/mol. The van der Waals surface area contributed by atoms with Crippen LogP contribution in [0.4, 0.5) is 10.7 Å². The van der Waals surface area contributed by atoms with Crippen molar-refractivity contribution >= 4 is 40.3 Å². The molecule has 9 heteroatoms. The number of nitrogens with zero attached hydrogens (tertiary/aromatic N) is 4. The third-order valence-corrected chi connectivity index (χ3v) is 8.87. The number of benzene rings is 2. The van der Waals surface area contributed by atoms with Crippen LogP contribution < -0.4 is 5.32 Å². The monoisotopic (exact) mass is 553 g/mol. The highest BCUT2D eigenvalue weighted by Gasteiger charge is 2.51. The second-order valence-electron chi connectivity index (χ2n) is 11.8. The van der Waals surface area contributed by atoms with Gasteiger partial charge in [0, 0.05) is 24.0 Å². The Morgan fingerprint density at radius 2 is 1.85 bits per heavy atom. The highest BCUT2D eigenvalue weighted by Crippen LogP contribution is 2.55. The maximum Gasteiger partial charge on any atom is 0.410 e. The third kappa shape index (κ3) is 4.95. The SMILES string of the molecule is CC(C)(C)OC(=O)N1CCC2(CC(n3c(NC(=O)c4ccc(-c5ccc(C#N)cc5)s4)nc4ccccc43)C2)C1. The lowest BCUT2D eigenvalue weighted by atomic mass is 9.65. The van der Waals surface area contributed by atoms with Gasteiger partial charge in [0.1, 0.15) is 5.60 Å². The summed E-state index contributed by atoms with van der Waals surface area (Å²) in [5.74, 6) is 0.342. The molecular formula is C31H31N5O3S. The molecule has 1 aliphatic heterocycles. The molecular weight excluding hydrogens is 522 g/mol. The number of aromatic nitrogens is 2. The third-order valence-electron chi connectivity index (χ3n) is 7.74. The standard InChI is InChI=1S/C31H31N5O3S/c1-30(2,3)39-29(38)35-15-14-31(19-35)16-22(17-31)36-24-7-5-4-6-23(24)33-28(36)34-27(37)26-13-12-25(40-26)21-10-8-20(18-32)9-11-21/h4-13,22H,14-17,19H2,1-3H3,(H,33,34,37).